The molecule has 0 aromatic rings. The van der Waals surface area contributed by atoms with Crippen LogP contribution in [-0.2, 0) is 28.6 Å². The minimum atomic E-state index is -1.45. The lowest BCUT2D eigenvalue weighted by atomic mass is 9.96. The first-order chi connectivity index (χ1) is 9.76. The molecule has 5 atom stereocenters. The quantitative estimate of drug-likeness (QED) is 0.509. The number of nitrogens with two attached hydrogens (primary N) is 1. The molecule has 0 bridgehead atoms. The Hall–Kier alpha value is -1.71. The van der Waals surface area contributed by atoms with Crippen molar-refractivity contribution < 1.29 is 33.7 Å². The lowest BCUT2D eigenvalue weighted by molar-refractivity contribution is -0.255. The third-order valence-electron chi connectivity index (χ3n) is 2.87. The molecule has 1 aliphatic rings. The summed E-state index contributed by atoms with van der Waals surface area (Å²) in [5, 5.41) is 12.3. The van der Waals surface area contributed by atoms with Crippen LogP contribution in [0.25, 0.3) is 0 Å². The predicted molar refractivity (Wildman–Crippen MR) is 68.6 cm³/mol. The van der Waals surface area contributed by atoms with Crippen molar-refractivity contribution in [3.63, 3.8) is 0 Å². The lowest BCUT2D eigenvalue weighted by Crippen LogP contribution is -2.66. The van der Waals surface area contributed by atoms with E-state index >= 15 is 0 Å². The highest BCUT2D eigenvalue weighted by Gasteiger charge is 2.49. The van der Waals surface area contributed by atoms with Crippen molar-refractivity contribution >= 4 is 17.8 Å². The second-order valence-corrected chi connectivity index (χ2v) is 4.68. The van der Waals surface area contributed by atoms with Crippen LogP contribution in [0.15, 0.2) is 0 Å². The number of rotatable bonds is 4. The number of nitrogens with one attached hydrogen (secondary N) is 1. The van der Waals surface area contributed by atoms with Crippen molar-refractivity contribution in [2.24, 2.45) is 5.73 Å². The Bertz CT molecular complexity index is 414. The molecule has 0 aromatic carbocycles. The molecule has 5 unspecified atom stereocenters. The van der Waals surface area contributed by atoms with Gasteiger partial charge < -0.3 is 30.4 Å². The zero-order valence-electron chi connectivity index (χ0n) is 12.1. The molecule has 0 aromatic heterocycles. The molecule has 1 fully saturated rings. The third kappa shape index (κ3) is 4.66. The monoisotopic (exact) mass is 304 g/mol. The molecule has 1 saturated heterocycles. The summed E-state index contributed by atoms with van der Waals surface area (Å²) in [4.78, 5) is 33.7. The average molecular weight is 304 g/mol. The molecular weight excluding hydrogens is 284 g/mol. The van der Waals surface area contributed by atoms with Crippen molar-refractivity contribution in [2.45, 2.75) is 51.4 Å². The Morgan fingerprint density at radius 3 is 2.10 bits per heavy atom. The average Bonchev–Trinajstić information content (AvgIpc) is 2.35. The van der Waals surface area contributed by atoms with E-state index in [1.807, 2.05) is 0 Å². The topological polar surface area (TPSA) is 137 Å². The van der Waals surface area contributed by atoms with E-state index < -0.39 is 48.5 Å². The van der Waals surface area contributed by atoms with Crippen LogP contribution in [0.4, 0.5) is 0 Å². The first-order valence-corrected chi connectivity index (χ1v) is 6.41. The smallest absolute Gasteiger partial charge is 0.303 e. The molecule has 120 valence electrons. The maximum atomic E-state index is 11.2. The summed E-state index contributed by atoms with van der Waals surface area (Å²) in [6.07, 6.45) is -4.44. The van der Waals surface area contributed by atoms with E-state index in [0.29, 0.717) is 0 Å². The van der Waals surface area contributed by atoms with Gasteiger partial charge in [0.1, 0.15) is 12.1 Å². The van der Waals surface area contributed by atoms with Crippen LogP contribution in [0.1, 0.15) is 20.8 Å². The van der Waals surface area contributed by atoms with E-state index in [1.165, 1.54) is 13.8 Å². The molecular formula is C12H20N2O7. The number of aliphatic hydroxyl groups is 1. The first kappa shape index (κ1) is 17.3. The van der Waals surface area contributed by atoms with Gasteiger partial charge in [-0.15, -0.1) is 0 Å². The number of carbonyl (C=O) groups excluding carboxylic acids is 3. The number of carbonyl (C=O) groups is 3. The predicted octanol–water partition coefficient (Wildman–Crippen LogP) is -1.97. The Labute approximate surface area is 121 Å². The zero-order chi connectivity index (χ0) is 16.2. The van der Waals surface area contributed by atoms with E-state index in [0.717, 1.165) is 6.92 Å². The highest BCUT2D eigenvalue weighted by molar-refractivity contribution is 5.73. The second kappa shape index (κ2) is 7.34. The normalized spacial score (nSPS) is 32.1. The number of esters is 2. The summed E-state index contributed by atoms with van der Waals surface area (Å²) in [6, 6.07) is -1.07. The molecule has 1 amide bonds. The number of aliphatic hydroxyl groups excluding tert-OH is 1. The number of hydrogen-bond donors (Lipinski definition) is 3. The van der Waals surface area contributed by atoms with Crippen molar-refractivity contribution in [3.8, 4) is 0 Å². The minimum Gasteiger partial charge on any atom is -0.456 e. The largest absolute Gasteiger partial charge is 0.456 e. The van der Waals surface area contributed by atoms with Crippen LogP contribution in [0.2, 0.25) is 0 Å². The SMILES string of the molecule is CC(=O)NC1C(O)OC(CN)C(OC(C)=O)C1OC(C)=O. The molecule has 9 nitrogen and oxygen atoms in total. The van der Waals surface area contributed by atoms with Gasteiger partial charge in [0, 0.05) is 27.3 Å². The van der Waals surface area contributed by atoms with E-state index in [4.69, 9.17) is 19.9 Å². The molecule has 1 aliphatic heterocycles. The van der Waals surface area contributed by atoms with Crippen LogP contribution in [0.3, 0.4) is 0 Å². The van der Waals surface area contributed by atoms with Gasteiger partial charge in [0.15, 0.2) is 18.5 Å². The van der Waals surface area contributed by atoms with Crippen LogP contribution >= 0.6 is 0 Å². The Kier molecular flexibility index (Phi) is 6.06. The van der Waals surface area contributed by atoms with Crippen molar-refractivity contribution in [3.05, 3.63) is 0 Å². The van der Waals surface area contributed by atoms with Crippen molar-refractivity contribution in [1.29, 1.82) is 0 Å². The molecule has 21 heavy (non-hydrogen) atoms. The maximum Gasteiger partial charge on any atom is 0.303 e. The van der Waals surface area contributed by atoms with Crippen molar-refractivity contribution in [2.75, 3.05) is 6.54 Å². The first-order valence-electron chi connectivity index (χ1n) is 6.41. The Morgan fingerprint density at radius 1 is 1.14 bits per heavy atom. The van der Waals surface area contributed by atoms with Gasteiger partial charge in [0.2, 0.25) is 5.91 Å². The maximum absolute atomic E-state index is 11.2. The fraction of sp³-hybridized carbons (Fsp3) is 0.750. The van der Waals surface area contributed by atoms with Crippen LogP contribution < -0.4 is 11.1 Å². The Morgan fingerprint density at radius 2 is 1.67 bits per heavy atom. The van der Waals surface area contributed by atoms with E-state index in [1.54, 1.807) is 0 Å². The summed E-state index contributed by atoms with van der Waals surface area (Å²) >= 11 is 0. The van der Waals surface area contributed by atoms with Gasteiger partial charge in [-0.3, -0.25) is 14.4 Å². The molecule has 1 heterocycles. The van der Waals surface area contributed by atoms with Gasteiger partial charge >= 0.3 is 11.9 Å². The molecule has 0 aliphatic carbocycles. The van der Waals surface area contributed by atoms with Gasteiger partial charge in [-0.1, -0.05) is 0 Å². The van der Waals surface area contributed by atoms with Crippen molar-refractivity contribution in [1.82, 2.24) is 5.32 Å². The zero-order valence-corrected chi connectivity index (χ0v) is 12.1. The molecule has 0 spiro atoms. The summed E-state index contributed by atoms with van der Waals surface area (Å²) in [5.74, 6) is -1.75. The number of hydrogen-bond acceptors (Lipinski definition) is 8. The second-order valence-electron chi connectivity index (χ2n) is 4.68. The molecule has 1 rings (SSSR count). The summed E-state index contributed by atoms with van der Waals surface area (Å²) in [5.41, 5.74) is 5.52. The van der Waals surface area contributed by atoms with Crippen LogP contribution in [-0.4, -0.2) is 60.1 Å². The summed E-state index contributed by atoms with van der Waals surface area (Å²) < 4.78 is 15.4. The molecule has 0 saturated carbocycles. The van der Waals surface area contributed by atoms with E-state index in [9.17, 15) is 19.5 Å². The summed E-state index contributed by atoms with van der Waals surface area (Å²) in [6.45, 7) is 3.50. The van der Waals surface area contributed by atoms with Gasteiger partial charge in [-0.05, 0) is 0 Å². The van der Waals surface area contributed by atoms with Crippen LogP contribution in [0, 0.1) is 0 Å². The fourth-order valence-corrected chi connectivity index (χ4v) is 2.16. The van der Waals surface area contributed by atoms with Gasteiger partial charge in [-0.2, -0.15) is 0 Å². The molecule has 0 radical (unpaired) electrons. The summed E-state index contributed by atoms with van der Waals surface area (Å²) in [7, 11) is 0. The van der Waals surface area contributed by atoms with E-state index in [2.05, 4.69) is 5.32 Å². The number of ether oxygens (including phenoxy) is 3. The highest BCUT2D eigenvalue weighted by atomic mass is 16.7. The number of amides is 1. The Balaban J connectivity index is 3.08. The van der Waals surface area contributed by atoms with Gasteiger partial charge in [-0.25, -0.2) is 0 Å². The van der Waals surface area contributed by atoms with Crippen LogP contribution in [0.5, 0.6) is 0 Å². The van der Waals surface area contributed by atoms with Gasteiger partial charge in [0.25, 0.3) is 0 Å². The fourth-order valence-electron chi connectivity index (χ4n) is 2.16. The molecule has 9 heteroatoms. The third-order valence-corrected chi connectivity index (χ3v) is 2.87. The standard InChI is InChI=1S/C12H20N2O7/c1-5(15)14-9-11(20-7(3)17)10(19-6(2)16)8(4-13)21-12(9)18/h8-12,18H,4,13H2,1-3H3,(H,14,15). The minimum absolute atomic E-state index is 0.0699. The van der Waals surface area contributed by atoms with Gasteiger partial charge in [0.05, 0.1) is 0 Å². The highest BCUT2D eigenvalue weighted by Crippen LogP contribution is 2.25. The lowest BCUT2D eigenvalue weighted by Gasteiger charge is -2.43. The molecule has 4 N–H and O–H groups in total. The van der Waals surface area contributed by atoms with E-state index in [-0.39, 0.29) is 6.54 Å².